The van der Waals surface area contributed by atoms with Crippen LogP contribution in [0.4, 0.5) is 0 Å². The zero-order valence-electron chi connectivity index (χ0n) is 45.7. The van der Waals surface area contributed by atoms with E-state index >= 15 is 0 Å². The van der Waals surface area contributed by atoms with E-state index in [1.54, 1.807) is 6.08 Å². The number of ether oxygens (including phenoxy) is 2. The van der Waals surface area contributed by atoms with E-state index in [0.29, 0.717) is 12.8 Å². The maximum Gasteiger partial charge on any atom is 0.249 e. The fraction of sp³-hybridized carbons (Fsp3) is 0.917. The molecule has 10 heteroatoms. The second-order valence-corrected chi connectivity index (χ2v) is 21.3. The molecule has 10 nitrogen and oxygen atoms in total. The zero-order valence-corrected chi connectivity index (χ0v) is 45.7. The van der Waals surface area contributed by atoms with Gasteiger partial charge in [0.15, 0.2) is 6.29 Å². The lowest BCUT2D eigenvalue weighted by molar-refractivity contribution is -0.302. The molecule has 0 aromatic heterocycles. The summed E-state index contributed by atoms with van der Waals surface area (Å²) in [6, 6.07) is -0.994. The second kappa shape index (κ2) is 49.8. The van der Waals surface area contributed by atoms with E-state index in [2.05, 4.69) is 31.3 Å². The summed E-state index contributed by atoms with van der Waals surface area (Å²) in [4.78, 5) is 13.1. The van der Waals surface area contributed by atoms with E-state index in [0.717, 1.165) is 38.5 Å². The van der Waals surface area contributed by atoms with E-state index in [1.807, 2.05) is 6.08 Å². The summed E-state index contributed by atoms with van der Waals surface area (Å²) in [7, 11) is 0. The van der Waals surface area contributed by atoms with Crippen molar-refractivity contribution >= 4 is 5.91 Å². The maximum absolute atomic E-state index is 13.1. The third-order valence-electron chi connectivity index (χ3n) is 14.6. The van der Waals surface area contributed by atoms with Gasteiger partial charge >= 0.3 is 0 Å². The normalized spacial score (nSPS) is 19.9. The molecule has 1 amide bonds. The number of aliphatic hydroxyl groups excluding tert-OH is 6. The zero-order chi connectivity index (χ0) is 51.0. The molecule has 1 rings (SSSR count). The van der Waals surface area contributed by atoms with Crippen LogP contribution in [0, 0.1) is 0 Å². The Morgan fingerprint density at radius 2 is 0.843 bits per heavy atom. The molecular weight excluding hydrogens is 879 g/mol. The molecule has 8 atom stereocenters. The number of aliphatic hydroxyl groups is 6. The van der Waals surface area contributed by atoms with Crippen molar-refractivity contribution in [3.8, 4) is 0 Å². The van der Waals surface area contributed by atoms with Crippen LogP contribution >= 0.6 is 0 Å². The number of allylic oxidation sites excluding steroid dienone is 3. The van der Waals surface area contributed by atoms with Gasteiger partial charge < -0.3 is 45.4 Å². The van der Waals surface area contributed by atoms with Gasteiger partial charge in [-0.25, -0.2) is 0 Å². The van der Waals surface area contributed by atoms with Gasteiger partial charge in [-0.2, -0.15) is 0 Å². The van der Waals surface area contributed by atoms with Crippen molar-refractivity contribution in [3.05, 3.63) is 24.3 Å². The van der Waals surface area contributed by atoms with E-state index in [4.69, 9.17) is 9.47 Å². The lowest BCUT2D eigenvalue weighted by Gasteiger charge is -2.40. The number of hydrogen-bond donors (Lipinski definition) is 7. The molecule has 1 saturated heterocycles. The Bertz CT molecular complexity index is 1170. The molecule has 1 fully saturated rings. The SMILES string of the molecule is CCCCCCCCC/C=C/CC/C=C/C(O)C(COC1OC(CO)C(O)C(O)C1O)NC(=O)C(O)CCCCCCCCCCCCCCCCCCCCCCCCCCCCCCCCCC. The molecule has 0 bridgehead atoms. The largest absolute Gasteiger partial charge is 0.394 e. The minimum absolute atomic E-state index is 0.308. The third kappa shape index (κ3) is 38.2. The number of rotatable bonds is 52. The minimum Gasteiger partial charge on any atom is -0.394 e. The Labute approximate surface area is 431 Å². The van der Waals surface area contributed by atoms with Crippen molar-refractivity contribution in [2.75, 3.05) is 13.2 Å². The van der Waals surface area contributed by atoms with Crippen molar-refractivity contribution in [2.24, 2.45) is 0 Å². The lowest BCUT2D eigenvalue weighted by Crippen LogP contribution is -2.60. The number of unbranched alkanes of at least 4 members (excludes halogenated alkanes) is 39. The lowest BCUT2D eigenvalue weighted by atomic mass is 9.99. The molecule has 1 aliphatic rings. The first-order valence-electron chi connectivity index (χ1n) is 30.2. The highest BCUT2D eigenvalue weighted by atomic mass is 16.7. The summed E-state index contributed by atoms with van der Waals surface area (Å²) >= 11 is 0. The Hall–Kier alpha value is -1.37. The molecule has 0 aliphatic carbocycles. The highest BCUT2D eigenvalue weighted by Gasteiger charge is 2.44. The third-order valence-corrected chi connectivity index (χ3v) is 14.6. The van der Waals surface area contributed by atoms with Crippen molar-refractivity contribution in [3.63, 3.8) is 0 Å². The maximum atomic E-state index is 13.1. The molecule has 0 radical (unpaired) electrons. The molecule has 0 aromatic rings. The van der Waals surface area contributed by atoms with Gasteiger partial charge in [0, 0.05) is 0 Å². The van der Waals surface area contributed by atoms with Crippen LogP contribution in [0.2, 0.25) is 0 Å². The molecule has 7 N–H and O–H groups in total. The molecule has 0 aromatic carbocycles. The van der Waals surface area contributed by atoms with Crippen LogP contribution in [0.3, 0.4) is 0 Å². The predicted molar refractivity (Wildman–Crippen MR) is 292 cm³/mol. The van der Waals surface area contributed by atoms with Gasteiger partial charge in [0.1, 0.15) is 30.5 Å². The van der Waals surface area contributed by atoms with Crippen LogP contribution in [0.1, 0.15) is 290 Å². The van der Waals surface area contributed by atoms with Gasteiger partial charge in [-0.3, -0.25) is 4.79 Å². The number of nitrogens with one attached hydrogen (secondary N) is 1. The van der Waals surface area contributed by atoms with Crippen LogP contribution in [-0.4, -0.2) is 98.7 Å². The van der Waals surface area contributed by atoms with Gasteiger partial charge in [-0.15, -0.1) is 0 Å². The van der Waals surface area contributed by atoms with Crippen LogP contribution in [-0.2, 0) is 14.3 Å². The quantitative estimate of drug-likeness (QED) is 0.0232. The fourth-order valence-electron chi connectivity index (χ4n) is 9.77. The van der Waals surface area contributed by atoms with Gasteiger partial charge in [0.2, 0.25) is 5.91 Å². The van der Waals surface area contributed by atoms with E-state index in [-0.39, 0.29) is 6.61 Å². The fourth-order valence-corrected chi connectivity index (χ4v) is 9.77. The van der Waals surface area contributed by atoms with Gasteiger partial charge in [-0.1, -0.05) is 282 Å². The molecule has 1 heterocycles. The molecule has 0 spiro atoms. The Balaban J connectivity index is 2.14. The van der Waals surface area contributed by atoms with Crippen LogP contribution in [0.25, 0.3) is 0 Å². The first kappa shape index (κ1) is 66.6. The average molecular weight is 995 g/mol. The number of carbonyl (C=O) groups excluding carboxylic acids is 1. The summed E-state index contributed by atoms with van der Waals surface area (Å²) in [6.07, 6.45) is 53.2. The molecule has 1 aliphatic heterocycles. The Morgan fingerprint density at radius 1 is 0.486 bits per heavy atom. The molecule has 8 unspecified atom stereocenters. The smallest absolute Gasteiger partial charge is 0.249 e. The molecule has 414 valence electrons. The predicted octanol–water partition coefficient (Wildman–Crippen LogP) is 13.9. The van der Waals surface area contributed by atoms with E-state index in [1.165, 1.54) is 225 Å². The summed E-state index contributed by atoms with van der Waals surface area (Å²) in [5.74, 6) is -0.621. The van der Waals surface area contributed by atoms with Gasteiger partial charge in [-0.05, 0) is 32.1 Å². The standard InChI is InChI=1S/C60H115NO9/c1-3-5-7-9-11-13-15-17-18-19-20-21-22-23-24-25-26-27-28-29-30-31-32-33-34-35-37-39-41-43-45-47-49-54(64)59(68)61-52(51-69-60-58(67)57(66)56(65)55(50-62)70-60)53(63)48-46-44-42-40-38-36-16-14-12-10-8-6-4-2/h38,40,46,48,52-58,60,62-67H,3-37,39,41-45,47,49-51H2,1-2H3,(H,61,68)/b40-38+,48-46+. The Morgan fingerprint density at radius 3 is 1.24 bits per heavy atom. The first-order chi connectivity index (χ1) is 34.3. The highest BCUT2D eigenvalue weighted by molar-refractivity contribution is 5.80. The number of carbonyl (C=O) groups is 1. The summed E-state index contributed by atoms with van der Waals surface area (Å²) in [5.41, 5.74) is 0. The van der Waals surface area contributed by atoms with E-state index < -0.39 is 61.5 Å². The summed E-state index contributed by atoms with van der Waals surface area (Å²) in [5, 5.41) is 64.9. The second-order valence-electron chi connectivity index (χ2n) is 21.3. The van der Waals surface area contributed by atoms with Crippen molar-refractivity contribution in [1.82, 2.24) is 5.32 Å². The van der Waals surface area contributed by atoms with Crippen molar-refractivity contribution in [2.45, 2.75) is 339 Å². The molecular formula is C60H115NO9. The number of hydrogen-bond acceptors (Lipinski definition) is 9. The summed E-state index contributed by atoms with van der Waals surface area (Å²) in [6.45, 7) is 3.61. The molecule has 0 saturated carbocycles. The van der Waals surface area contributed by atoms with Gasteiger partial charge in [0.05, 0.1) is 25.4 Å². The first-order valence-corrected chi connectivity index (χ1v) is 30.2. The monoisotopic (exact) mass is 994 g/mol. The summed E-state index contributed by atoms with van der Waals surface area (Å²) < 4.78 is 11.2. The molecule has 70 heavy (non-hydrogen) atoms. The van der Waals surface area contributed by atoms with Crippen LogP contribution < -0.4 is 5.32 Å². The topological polar surface area (TPSA) is 169 Å². The minimum atomic E-state index is -1.61. The van der Waals surface area contributed by atoms with Crippen LogP contribution in [0.5, 0.6) is 0 Å². The van der Waals surface area contributed by atoms with Crippen molar-refractivity contribution in [1.29, 1.82) is 0 Å². The Kier molecular flexibility index (Phi) is 47.4. The van der Waals surface area contributed by atoms with Crippen LogP contribution in [0.15, 0.2) is 24.3 Å². The van der Waals surface area contributed by atoms with Gasteiger partial charge in [0.25, 0.3) is 0 Å². The number of amides is 1. The van der Waals surface area contributed by atoms with Crippen molar-refractivity contribution < 1.29 is 44.9 Å². The average Bonchev–Trinajstić information content (AvgIpc) is 3.36. The van der Waals surface area contributed by atoms with E-state index in [9.17, 15) is 35.4 Å². The highest BCUT2D eigenvalue weighted by Crippen LogP contribution is 2.23.